The maximum Gasteiger partial charge on any atom is 0.0168 e. The summed E-state index contributed by atoms with van der Waals surface area (Å²) in [5, 5.41) is 4.56. The van der Waals surface area contributed by atoms with Crippen LogP contribution in [0.15, 0.2) is 0 Å². The average Bonchev–Trinajstić information content (AvgIpc) is 2.43. The highest BCUT2D eigenvalue weighted by Gasteiger charge is 2.26. The zero-order valence-electron chi connectivity index (χ0n) is 8.62. The molecule has 2 aliphatic rings. The minimum absolute atomic E-state index is 0.797. The van der Waals surface area contributed by atoms with Gasteiger partial charge in [0.2, 0.25) is 0 Å². The summed E-state index contributed by atoms with van der Waals surface area (Å²) in [6.45, 7) is 6.16. The van der Waals surface area contributed by atoms with Gasteiger partial charge in [-0.05, 0) is 19.4 Å². The molecule has 0 aromatic rings. The predicted octanol–water partition coefficient (Wildman–Crippen LogP) is 1.03. The van der Waals surface area contributed by atoms with Crippen LogP contribution < -0.4 is 5.32 Å². The molecule has 2 aliphatic heterocycles. The van der Waals surface area contributed by atoms with Crippen LogP contribution in [-0.4, -0.2) is 48.6 Å². The van der Waals surface area contributed by atoms with Gasteiger partial charge in [0.1, 0.15) is 0 Å². The normalized spacial score (nSPS) is 36.5. The van der Waals surface area contributed by atoms with Crippen molar-refractivity contribution in [2.24, 2.45) is 5.92 Å². The van der Waals surface area contributed by atoms with Gasteiger partial charge in [0.05, 0.1) is 0 Å². The van der Waals surface area contributed by atoms with Crippen molar-refractivity contribution >= 4 is 11.8 Å². The van der Waals surface area contributed by atoms with Gasteiger partial charge in [0.25, 0.3) is 0 Å². The quantitative estimate of drug-likeness (QED) is 0.732. The number of hydrogen-bond donors (Lipinski definition) is 1. The first-order valence-corrected chi connectivity index (χ1v) is 6.32. The first-order chi connectivity index (χ1) is 6.24. The summed E-state index contributed by atoms with van der Waals surface area (Å²) in [5.74, 6) is 2.25. The molecule has 2 nitrogen and oxygen atoms in total. The number of thioether (sulfide) groups is 1. The summed E-state index contributed by atoms with van der Waals surface area (Å²) >= 11 is 2.11. The molecule has 2 fully saturated rings. The van der Waals surface area contributed by atoms with Crippen LogP contribution in [-0.2, 0) is 0 Å². The van der Waals surface area contributed by atoms with E-state index >= 15 is 0 Å². The molecular weight excluding hydrogens is 180 g/mol. The Labute approximate surface area is 85.4 Å². The molecule has 0 aliphatic carbocycles. The zero-order chi connectivity index (χ0) is 9.26. The van der Waals surface area contributed by atoms with Crippen molar-refractivity contribution < 1.29 is 0 Å². The fourth-order valence-corrected chi connectivity index (χ4v) is 3.43. The third kappa shape index (κ3) is 2.61. The molecule has 2 unspecified atom stereocenters. The van der Waals surface area contributed by atoms with E-state index in [2.05, 4.69) is 35.9 Å². The fourth-order valence-electron chi connectivity index (χ4n) is 2.25. The molecule has 0 bridgehead atoms. The second-order valence-electron chi connectivity index (χ2n) is 4.57. The van der Waals surface area contributed by atoms with Gasteiger partial charge in [-0.2, -0.15) is 11.8 Å². The summed E-state index contributed by atoms with van der Waals surface area (Å²) in [5.41, 5.74) is 0. The molecule has 2 heterocycles. The maximum atomic E-state index is 3.69. The Morgan fingerprint density at radius 2 is 2.23 bits per heavy atom. The molecule has 0 aromatic carbocycles. The lowest BCUT2D eigenvalue weighted by molar-refractivity contribution is 0.130. The lowest BCUT2D eigenvalue weighted by atomic mass is 10.0. The van der Waals surface area contributed by atoms with E-state index in [-0.39, 0.29) is 0 Å². The maximum absolute atomic E-state index is 3.69. The van der Waals surface area contributed by atoms with E-state index in [1.54, 1.807) is 0 Å². The highest BCUT2D eigenvalue weighted by molar-refractivity contribution is 8.00. The summed E-state index contributed by atoms with van der Waals surface area (Å²) < 4.78 is 0. The molecule has 0 aromatic heterocycles. The standard InChI is InChI=1S/C10H20N2S/c1-8-3-10(7-13-8)11-4-9-5-12(2)6-9/h8-11H,3-7H2,1-2H3. The Morgan fingerprint density at radius 1 is 1.46 bits per heavy atom. The smallest absolute Gasteiger partial charge is 0.0168 e. The van der Waals surface area contributed by atoms with Crippen molar-refractivity contribution in [3.8, 4) is 0 Å². The molecule has 0 amide bonds. The van der Waals surface area contributed by atoms with Crippen molar-refractivity contribution in [3.63, 3.8) is 0 Å². The Hall–Kier alpha value is 0.270. The molecule has 2 saturated heterocycles. The second kappa shape index (κ2) is 4.20. The fraction of sp³-hybridized carbons (Fsp3) is 1.00. The molecule has 13 heavy (non-hydrogen) atoms. The van der Waals surface area contributed by atoms with Crippen LogP contribution in [0, 0.1) is 5.92 Å². The molecular formula is C10H20N2S. The molecule has 2 atom stereocenters. The van der Waals surface area contributed by atoms with Crippen LogP contribution in [0.4, 0.5) is 0 Å². The molecule has 76 valence electrons. The van der Waals surface area contributed by atoms with Gasteiger partial charge in [-0.25, -0.2) is 0 Å². The van der Waals surface area contributed by atoms with Crippen molar-refractivity contribution in [2.45, 2.75) is 24.6 Å². The van der Waals surface area contributed by atoms with Gasteiger partial charge >= 0.3 is 0 Å². The van der Waals surface area contributed by atoms with Crippen molar-refractivity contribution in [1.82, 2.24) is 10.2 Å². The van der Waals surface area contributed by atoms with Gasteiger partial charge in [0, 0.05) is 36.7 Å². The average molecular weight is 200 g/mol. The van der Waals surface area contributed by atoms with Gasteiger partial charge < -0.3 is 10.2 Å². The van der Waals surface area contributed by atoms with Crippen LogP contribution >= 0.6 is 11.8 Å². The monoisotopic (exact) mass is 200 g/mol. The number of likely N-dealkylation sites (tertiary alicyclic amines) is 1. The molecule has 2 rings (SSSR count). The van der Waals surface area contributed by atoms with Crippen molar-refractivity contribution in [3.05, 3.63) is 0 Å². The third-order valence-corrected chi connectivity index (χ3v) is 4.39. The highest BCUT2D eigenvalue weighted by Crippen LogP contribution is 2.26. The van der Waals surface area contributed by atoms with Crippen LogP contribution in [0.2, 0.25) is 0 Å². The Kier molecular flexibility index (Phi) is 3.17. The first kappa shape index (κ1) is 9.81. The summed E-state index contributed by atoms with van der Waals surface area (Å²) in [6.07, 6.45) is 1.37. The summed E-state index contributed by atoms with van der Waals surface area (Å²) in [4.78, 5) is 2.39. The summed E-state index contributed by atoms with van der Waals surface area (Å²) in [7, 11) is 2.20. The van der Waals surface area contributed by atoms with Crippen LogP contribution in [0.25, 0.3) is 0 Å². The number of rotatable bonds is 3. The highest BCUT2D eigenvalue weighted by atomic mass is 32.2. The van der Waals surface area contributed by atoms with Gasteiger partial charge in [-0.3, -0.25) is 0 Å². The molecule has 1 N–H and O–H groups in total. The Morgan fingerprint density at radius 3 is 2.77 bits per heavy atom. The zero-order valence-corrected chi connectivity index (χ0v) is 9.44. The number of nitrogens with zero attached hydrogens (tertiary/aromatic N) is 1. The van der Waals surface area contributed by atoms with E-state index < -0.39 is 0 Å². The number of hydrogen-bond acceptors (Lipinski definition) is 3. The second-order valence-corrected chi connectivity index (χ2v) is 6.04. The first-order valence-electron chi connectivity index (χ1n) is 5.27. The SMILES string of the molecule is CC1CC(NCC2CN(C)C2)CS1. The van der Waals surface area contributed by atoms with E-state index in [4.69, 9.17) is 0 Å². The largest absolute Gasteiger partial charge is 0.313 e. The third-order valence-electron chi connectivity index (χ3n) is 3.03. The summed E-state index contributed by atoms with van der Waals surface area (Å²) in [6, 6.07) is 0.797. The van der Waals surface area contributed by atoms with E-state index in [1.165, 1.54) is 31.8 Å². The van der Waals surface area contributed by atoms with Crippen molar-refractivity contribution in [1.29, 1.82) is 0 Å². The Bertz CT molecular complexity index is 168. The van der Waals surface area contributed by atoms with Crippen LogP contribution in [0.5, 0.6) is 0 Å². The van der Waals surface area contributed by atoms with E-state index in [9.17, 15) is 0 Å². The predicted molar refractivity (Wildman–Crippen MR) is 59.3 cm³/mol. The van der Waals surface area contributed by atoms with E-state index in [0.717, 1.165) is 17.2 Å². The van der Waals surface area contributed by atoms with Gasteiger partial charge in [0.15, 0.2) is 0 Å². The van der Waals surface area contributed by atoms with Gasteiger partial charge in [-0.15, -0.1) is 0 Å². The van der Waals surface area contributed by atoms with E-state index in [1.807, 2.05) is 0 Å². The molecule has 0 saturated carbocycles. The lowest BCUT2D eigenvalue weighted by Gasteiger charge is -2.36. The van der Waals surface area contributed by atoms with Crippen molar-refractivity contribution in [2.75, 3.05) is 32.4 Å². The molecule has 3 heteroatoms. The van der Waals surface area contributed by atoms with Gasteiger partial charge in [-0.1, -0.05) is 6.92 Å². The topological polar surface area (TPSA) is 15.3 Å². The molecule has 0 spiro atoms. The Balaban J connectivity index is 1.58. The number of nitrogens with one attached hydrogen (secondary N) is 1. The minimum Gasteiger partial charge on any atom is -0.313 e. The van der Waals surface area contributed by atoms with Crippen LogP contribution in [0.3, 0.4) is 0 Å². The van der Waals surface area contributed by atoms with Crippen LogP contribution in [0.1, 0.15) is 13.3 Å². The minimum atomic E-state index is 0.797. The van der Waals surface area contributed by atoms with E-state index in [0.29, 0.717) is 0 Å². The molecule has 0 radical (unpaired) electrons. The lowest BCUT2D eigenvalue weighted by Crippen LogP contribution is -2.49.